The lowest BCUT2D eigenvalue weighted by Gasteiger charge is -2.13. The molecule has 0 saturated carbocycles. The van der Waals surface area contributed by atoms with Gasteiger partial charge in [0.1, 0.15) is 15.9 Å². The van der Waals surface area contributed by atoms with E-state index >= 15 is 0 Å². The van der Waals surface area contributed by atoms with E-state index in [4.69, 9.17) is 4.74 Å². The summed E-state index contributed by atoms with van der Waals surface area (Å²) in [4.78, 5) is 11.6. The maximum atomic E-state index is 12.2. The number of methoxy groups -OCH3 is 1. The minimum atomic E-state index is -4.71. The molecule has 0 bridgehead atoms. The van der Waals surface area contributed by atoms with Crippen LogP contribution in [0.5, 0.6) is 5.75 Å². The number of carbonyl (C=O) groups excluding carboxylic acids is 1. The van der Waals surface area contributed by atoms with Gasteiger partial charge in [-0.3, -0.25) is 4.79 Å². The van der Waals surface area contributed by atoms with Gasteiger partial charge >= 0.3 is 0 Å². The number of carbonyl (C=O) groups is 1. The Morgan fingerprint density at radius 3 is 2.25 bits per heavy atom. The topological polar surface area (TPSA) is 83.5 Å². The van der Waals surface area contributed by atoms with Gasteiger partial charge in [0.2, 0.25) is 0 Å². The van der Waals surface area contributed by atoms with Crippen LogP contribution >= 0.6 is 0 Å². The number of ether oxygens (including phenoxy) is 1. The molecule has 0 spiro atoms. The largest absolute Gasteiger partial charge is 0.744 e. The van der Waals surface area contributed by atoms with Crippen molar-refractivity contribution in [3.8, 4) is 5.75 Å². The molecule has 2 aromatic rings. The average molecular weight is 291 g/mol. The van der Waals surface area contributed by atoms with Crippen molar-refractivity contribution in [3.05, 3.63) is 59.7 Å². The smallest absolute Gasteiger partial charge is 0.193 e. The second-order valence-corrected chi connectivity index (χ2v) is 5.36. The van der Waals surface area contributed by atoms with Crippen LogP contribution in [0.2, 0.25) is 0 Å². The van der Waals surface area contributed by atoms with Crippen LogP contribution in [0.4, 0.5) is 0 Å². The third-order valence-corrected chi connectivity index (χ3v) is 3.59. The highest BCUT2D eigenvalue weighted by Crippen LogP contribution is 2.25. The van der Waals surface area contributed by atoms with Gasteiger partial charge in [-0.15, -0.1) is 0 Å². The minimum Gasteiger partial charge on any atom is -0.744 e. The zero-order chi connectivity index (χ0) is 14.8. The van der Waals surface area contributed by atoms with E-state index in [1.165, 1.54) is 19.2 Å². The molecule has 104 valence electrons. The van der Waals surface area contributed by atoms with E-state index in [2.05, 4.69) is 0 Å². The zero-order valence-corrected chi connectivity index (χ0v) is 11.4. The van der Waals surface area contributed by atoms with Crippen LogP contribution in [0, 0.1) is 0 Å². The number of hydrogen-bond donors (Lipinski definition) is 0. The van der Waals surface area contributed by atoms with E-state index in [0.717, 1.165) is 6.07 Å². The zero-order valence-electron chi connectivity index (χ0n) is 10.6. The van der Waals surface area contributed by atoms with Gasteiger partial charge in [-0.25, -0.2) is 8.42 Å². The summed E-state index contributed by atoms with van der Waals surface area (Å²) >= 11 is 0. The van der Waals surface area contributed by atoms with Crippen LogP contribution < -0.4 is 4.74 Å². The van der Waals surface area contributed by atoms with Crippen molar-refractivity contribution < 1.29 is 22.5 Å². The Labute approximate surface area is 116 Å². The molecular weight excluding hydrogens is 280 g/mol. The highest BCUT2D eigenvalue weighted by molar-refractivity contribution is 7.85. The van der Waals surface area contributed by atoms with Gasteiger partial charge in [-0.1, -0.05) is 30.3 Å². The normalized spacial score (nSPS) is 11.1. The lowest BCUT2D eigenvalue weighted by molar-refractivity contribution is 0.103. The predicted octanol–water partition coefficient (Wildman–Crippen LogP) is 1.83. The summed E-state index contributed by atoms with van der Waals surface area (Å²) in [7, 11) is -3.46. The monoisotopic (exact) mass is 291 g/mol. The van der Waals surface area contributed by atoms with Crippen LogP contribution in [0.1, 0.15) is 15.9 Å². The number of ketones is 1. The van der Waals surface area contributed by atoms with Gasteiger partial charge < -0.3 is 9.29 Å². The lowest BCUT2D eigenvalue weighted by atomic mass is 10.0. The third kappa shape index (κ3) is 2.87. The molecule has 0 N–H and O–H groups in total. The number of benzene rings is 2. The molecule has 0 amide bonds. The third-order valence-electron chi connectivity index (χ3n) is 2.73. The summed E-state index contributed by atoms with van der Waals surface area (Å²) in [5.41, 5.74) is 0.526. The standard InChI is InChI=1S/C14H12O5S/c1-19-12-8-7-11(9-13(12)20(16,17)18)14(15)10-5-3-2-4-6-10/h2-9H,1H3,(H,16,17,18)/p-1. The van der Waals surface area contributed by atoms with Crippen molar-refractivity contribution >= 4 is 15.9 Å². The fourth-order valence-corrected chi connectivity index (χ4v) is 2.44. The molecule has 20 heavy (non-hydrogen) atoms. The molecule has 0 atom stereocenters. The summed E-state index contributed by atoms with van der Waals surface area (Å²) < 4.78 is 38.4. The van der Waals surface area contributed by atoms with Crippen LogP contribution in [0.25, 0.3) is 0 Å². The maximum Gasteiger partial charge on any atom is 0.193 e. The van der Waals surface area contributed by atoms with Gasteiger partial charge in [0.25, 0.3) is 0 Å². The predicted molar refractivity (Wildman–Crippen MR) is 70.8 cm³/mol. The molecule has 2 rings (SSSR count). The second kappa shape index (κ2) is 5.44. The van der Waals surface area contributed by atoms with E-state index < -0.39 is 15.0 Å². The molecule has 5 nitrogen and oxygen atoms in total. The summed E-state index contributed by atoms with van der Waals surface area (Å²) in [5, 5.41) is 0. The van der Waals surface area contributed by atoms with Gasteiger partial charge in [-0.05, 0) is 18.2 Å². The van der Waals surface area contributed by atoms with Crippen LogP contribution in [0.15, 0.2) is 53.4 Å². The Morgan fingerprint density at radius 2 is 1.70 bits per heavy atom. The van der Waals surface area contributed by atoms with Gasteiger partial charge in [0.05, 0.1) is 12.0 Å². The fraction of sp³-hybridized carbons (Fsp3) is 0.0714. The molecule has 0 radical (unpaired) electrons. The molecule has 0 aromatic heterocycles. The van der Waals surface area contributed by atoms with Crippen molar-refractivity contribution in [2.75, 3.05) is 7.11 Å². The first kappa shape index (κ1) is 14.2. The van der Waals surface area contributed by atoms with Crippen molar-refractivity contribution in [3.63, 3.8) is 0 Å². The first-order valence-electron chi connectivity index (χ1n) is 5.67. The second-order valence-electron chi connectivity index (χ2n) is 4.01. The number of rotatable bonds is 4. The Bertz CT molecular complexity index is 735. The Hall–Kier alpha value is -2.18. The number of hydrogen-bond acceptors (Lipinski definition) is 5. The van der Waals surface area contributed by atoms with Gasteiger partial charge in [0.15, 0.2) is 5.78 Å². The fourth-order valence-electron chi connectivity index (χ4n) is 1.77. The quantitative estimate of drug-likeness (QED) is 0.634. The minimum absolute atomic E-state index is 0.0791. The van der Waals surface area contributed by atoms with E-state index in [1.54, 1.807) is 30.3 Å². The Balaban J connectivity index is 2.52. The van der Waals surface area contributed by atoms with Crippen molar-refractivity contribution in [2.24, 2.45) is 0 Å². The molecule has 0 fully saturated rings. The molecule has 0 aliphatic carbocycles. The Kier molecular flexibility index (Phi) is 3.87. The molecule has 0 heterocycles. The molecule has 6 heteroatoms. The maximum absolute atomic E-state index is 12.2. The van der Waals surface area contributed by atoms with Crippen molar-refractivity contribution in [2.45, 2.75) is 4.90 Å². The van der Waals surface area contributed by atoms with Crippen LogP contribution in [-0.2, 0) is 10.1 Å². The SMILES string of the molecule is COc1ccc(C(=O)c2ccccc2)cc1S(=O)(=O)[O-]. The van der Waals surface area contributed by atoms with Crippen molar-refractivity contribution in [1.29, 1.82) is 0 Å². The Morgan fingerprint density at radius 1 is 1.05 bits per heavy atom. The molecule has 0 aliphatic heterocycles. The van der Waals surface area contributed by atoms with Gasteiger partial charge in [0, 0.05) is 11.1 Å². The summed E-state index contributed by atoms with van der Waals surface area (Å²) in [6.45, 7) is 0. The molecular formula is C14H11O5S-. The average Bonchev–Trinajstić information content (AvgIpc) is 2.46. The van der Waals surface area contributed by atoms with Gasteiger partial charge in [-0.2, -0.15) is 0 Å². The van der Waals surface area contributed by atoms with E-state index in [1.807, 2.05) is 0 Å². The van der Waals surface area contributed by atoms with E-state index in [0.29, 0.717) is 5.56 Å². The summed E-state index contributed by atoms with van der Waals surface area (Å²) in [6.07, 6.45) is 0. The van der Waals surface area contributed by atoms with E-state index in [-0.39, 0.29) is 17.1 Å². The first-order chi connectivity index (χ1) is 9.43. The molecule has 0 unspecified atom stereocenters. The summed E-state index contributed by atoms with van der Waals surface area (Å²) in [5.74, 6) is -0.442. The molecule has 2 aromatic carbocycles. The van der Waals surface area contributed by atoms with Crippen LogP contribution in [0.3, 0.4) is 0 Å². The highest BCUT2D eigenvalue weighted by atomic mass is 32.2. The highest BCUT2D eigenvalue weighted by Gasteiger charge is 2.15. The van der Waals surface area contributed by atoms with E-state index in [9.17, 15) is 17.8 Å². The van der Waals surface area contributed by atoms with Crippen LogP contribution in [-0.4, -0.2) is 25.9 Å². The lowest BCUT2D eigenvalue weighted by Crippen LogP contribution is -2.06. The molecule has 0 aliphatic rings. The summed E-state index contributed by atoms with van der Waals surface area (Å²) in [6, 6.07) is 12.1. The van der Waals surface area contributed by atoms with Crippen molar-refractivity contribution in [1.82, 2.24) is 0 Å². The first-order valence-corrected chi connectivity index (χ1v) is 7.08. The molecule has 0 saturated heterocycles.